The second kappa shape index (κ2) is 5.39. The molecule has 1 N–H and O–H groups in total. The van der Waals surface area contributed by atoms with E-state index in [1.54, 1.807) is 0 Å². The predicted molar refractivity (Wildman–Crippen MR) is 70.2 cm³/mol. The molecule has 3 heteroatoms. The van der Waals surface area contributed by atoms with Gasteiger partial charge in [-0.25, -0.2) is 0 Å². The van der Waals surface area contributed by atoms with Gasteiger partial charge >= 0.3 is 0 Å². The number of aryl methyl sites for hydroxylation is 1. The van der Waals surface area contributed by atoms with Gasteiger partial charge in [-0.3, -0.25) is 0 Å². The first kappa shape index (κ1) is 12.2. The van der Waals surface area contributed by atoms with Crippen molar-refractivity contribution in [2.75, 3.05) is 0 Å². The maximum Gasteiger partial charge on any atom is 0.117 e. The van der Waals surface area contributed by atoms with Gasteiger partial charge in [0, 0.05) is 11.1 Å². The first-order valence-corrected chi connectivity index (χ1v) is 6.08. The topological polar surface area (TPSA) is 25.2 Å². The fourth-order valence-corrected chi connectivity index (χ4v) is 2.07. The van der Waals surface area contributed by atoms with Crippen molar-refractivity contribution in [3.63, 3.8) is 0 Å². The van der Waals surface area contributed by atoms with E-state index in [9.17, 15) is 0 Å². The van der Waals surface area contributed by atoms with E-state index in [0.29, 0.717) is 6.54 Å². The second-order valence-corrected chi connectivity index (χ2v) is 4.54. The smallest absolute Gasteiger partial charge is 0.117 e. The average Bonchev–Trinajstić information content (AvgIpc) is 2.73. The summed E-state index contributed by atoms with van der Waals surface area (Å²) in [6.07, 6.45) is 0. The van der Waals surface area contributed by atoms with Crippen molar-refractivity contribution >= 4 is 11.6 Å². The van der Waals surface area contributed by atoms with Crippen LogP contribution in [0.3, 0.4) is 0 Å². The van der Waals surface area contributed by atoms with Gasteiger partial charge in [-0.2, -0.15) is 0 Å². The van der Waals surface area contributed by atoms with E-state index < -0.39 is 0 Å². The quantitative estimate of drug-likeness (QED) is 0.883. The molecule has 1 aromatic heterocycles. The highest BCUT2D eigenvalue weighted by molar-refractivity contribution is 6.31. The van der Waals surface area contributed by atoms with Crippen LogP contribution in [0.1, 0.15) is 30.0 Å². The Morgan fingerprint density at radius 3 is 2.65 bits per heavy atom. The lowest BCUT2D eigenvalue weighted by atomic mass is 10.1. The number of nitrogens with one attached hydrogen (secondary N) is 1. The molecule has 2 aromatic rings. The molecule has 2 nitrogen and oxygen atoms in total. The minimum atomic E-state index is 0.203. The molecule has 0 saturated heterocycles. The van der Waals surface area contributed by atoms with Gasteiger partial charge in [0.05, 0.1) is 6.54 Å². The van der Waals surface area contributed by atoms with Crippen molar-refractivity contribution in [3.8, 4) is 0 Å². The van der Waals surface area contributed by atoms with Crippen molar-refractivity contribution in [1.82, 2.24) is 5.32 Å². The zero-order chi connectivity index (χ0) is 12.3. The van der Waals surface area contributed by atoms with E-state index >= 15 is 0 Å². The third-order valence-electron chi connectivity index (χ3n) is 2.75. The Bertz CT molecular complexity index is 492. The van der Waals surface area contributed by atoms with Crippen molar-refractivity contribution in [3.05, 3.63) is 58.5 Å². The molecule has 0 saturated carbocycles. The van der Waals surface area contributed by atoms with Crippen molar-refractivity contribution in [1.29, 1.82) is 0 Å². The average molecular weight is 250 g/mol. The molecule has 0 unspecified atom stereocenters. The van der Waals surface area contributed by atoms with Crippen LogP contribution in [0.4, 0.5) is 0 Å². The molecule has 0 aliphatic carbocycles. The molecule has 17 heavy (non-hydrogen) atoms. The molecule has 90 valence electrons. The fraction of sp³-hybridized carbons (Fsp3) is 0.286. The van der Waals surface area contributed by atoms with Gasteiger partial charge < -0.3 is 9.73 Å². The highest BCUT2D eigenvalue weighted by atomic mass is 35.5. The van der Waals surface area contributed by atoms with Crippen LogP contribution in [0, 0.1) is 6.92 Å². The Labute approximate surface area is 107 Å². The lowest BCUT2D eigenvalue weighted by Crippen LogP contribution is -2.18. The van der Waals surface area contributed by atoms with Crippen LogP contribution in [0.25, 0.3) is 0 Å². The zero-order valence-electron chi connectivity index (χ0n) is 10.0. The molecule has 0 bridgehead atoms. The third-order valence-corrected chi connectivity index (χ3v) is 3.09. The zero-order valence-corrected chi connectivity index (χ0v) is 10.8. The van der Waals surface area contributed by atoms with E-state index in [1.165, 1.54) is 0 Å². The summed E-state index contributed by atoms with van der Waals surface area (Å²) < 4.78 is 5.50. The number of hydrogen-bond donors (Lipinski definition) is 1. The summed E-state index contributed by atoms with van der Waals surface area (Å²) in [5, 5.41) is 4.19. The third kappa shape index (κ3) is 3.11. The highest BCUT2D eigenvalue weighted by Crippen LogP contribution is 2.22. The highest BCUT2D eigenvalue weighted by Gasteiger charge is 2.09. The summed E-state index contributed by atoms with van der Waals surface area (Å²) in [6, 6.07) is 12.0. The van der Waals surface area contributed by atoms with E-state index in [1.807, 2.05) is 43.3 Å². The number of halogens is 1. The van der Waals surface area contributed by atoms with Gasteiger partial charge in [0.2, 0.25) is 0 Å². The molecule has 1 aromatic carbocycles. The monoisotopic (exact) mass is 249 g/mol. The van der Waals surface area contributed by atoms with Crippen molar-refractivity contribution in [2.45, 2.75) is 26.4 Å². The van der Waals surface area contributed by atoms with Gasteiger partial charge in [-0.05, 0) is 37.6 Å². The minimum Gasteiger partial charge on any atom is -0.465 e. The summed E-state index contributed by atoms with van der Waals surface area (Å²) in [5.74, 6) is 1.88. The molecule has 0 aliphatic heterocycles. The molecular weight excluding hydrogens is 234 g/mol. The lowest BCUT2D eigenvalue weighted by Gasteiger charge is -2.14. The van der Waals surface area contributed by atoms with Crippen molar-refractivity contribution in [2.24, 2.45) is 0 Å². The van der Waals surface area contributed by atoms with E-state index in [0.717, 1.165) is 22.1 Å². The standard InChI is InChI=1S/C14H16ClNO/c1-10-7-8-12(17-10)9-16-11(2)13-5-3-4-6-14(13)15/h3-8,11,16H,9H2,1-2H3/t11-/m0/s1. The number of benzene rings is 1. The van der Waals surface area contributed by atoms with Gasteiger partial charge in [0.1, 0.15) is 11.5 Å². The number of hydrogen-bond acceptors (Lipinski definition) is 2. The summed E-state index contributed by atoms with van der Waals surface area (Å²) in [7, 11) is 0. The summed E-state index contributed by atoms with van der Waals surface area (Å²) >= 11 is 6.14. The van der Waals surface area contributed by atoms with Crippen molar-refractivity contribution < 1.29 is 4.42 Å². The Balaban J connectivity index is 1.98. The van der Waals surface area contributed by atoms with E-state index in [-0.39, 0.29) is 6.04 Å². The van der Waals surface area contributed by atoms with Crippen LogP contribution in [0.5, 0.6) is 0 Å². The predicted octanol–water partition coefficient (Wildman–Crippen LogP) is 4.09. The van der Waals surface area contributed by atoms with Crippen LogP contribution >= 0.6 is 11.6 Å². The van der Waals surface area contributed by atoms with E-state index in [4.69, 9.17) is 16.0 Å². The Morgan fingerprint density at radius 1 is 1.24 bits per heavy atom. The molecule has 0 aliphatic rings. The fourth-order valence-electron chi connectivity index (χ4n) is 1.77. The van der Waals surface area contributed by atoms with Gasteiger partial charge in [-0.1, -0.05) is 29.8 Å². The SMILES string of the molecule is Cc1ccc(CN[C@@H](C)c2ccccc2Cl)o1. The Hall–Kier alpha value is -1.25. The Morgan fingerprint density at radius 2 is 2.00 bits per heavy atom. The first-order chi connectivity index (χ1) is 8.16. The van der Waals surface area contributed by atoms with Crippen LogP contribution in [0.15, 0.2) is 40.8 Å². The summed E-state index contributed by atoms with van der Waals surface area (Å²) in [4.78, 5) is 0. The minimum absolute atomic E-state index is 0.203. The second-order valence-electron chi connectivity index (χ2n) is 4.14. The molecule has 1 atom stereocenters. The number of rotatable bonds is 4. The largest absolute Gasteiger partial charge is 0.465 e. The molecule has 0 amide bonds. The molecule has 0 fully saturated rings. The molecule has 1 heterocycles. The van der Waals surface area contributed by atoms with E-state index in [2.05, 4.69) is 12.2 Å². The normalized spacial score (nSPS) is 12.6. The molecule has 0 spiro atoms. The summed E-state index contributed by atoms with van der Waals surface area (Å²) in [6.45, 7) is 4.75. The van der Waals surface area contributed by atoms with Crippen LogP contribution in [-0.4, -0.2) is 0 Å². The maximum atomic E-state index is 6.14. The Kier molecular flexibility index (Phi) is 3.87. The van der Waals surface area contributed by atoms with Crippen LogP contribution in [0.2, 0.25) is 5.02 Å². The molecule has 0 radical (unpaired) electrons. The van der Waals surface area contributed by atoms with Gasteiger partial charge in [0.25, 0.3) is 0 Å². The van der Waals surface area contributed by atoms with Crippen LogP contribution < -0.4 is 5.32 Å². The molecular formula is C14H16ClNO. The maximum absolute atomic E-state index is 6.14. The van der Waals surface area contributed by atoms with Gasteiger partial charge in [0.15, 0.2) is 0 Å². The lowest BCUT2D eigenvalue weighted by molar-refractivity contribution is 0.444. The van der Waals surface area contributed by atoms with Crippen LogP contribution in [-0.2, 0) is 6.54 Å². The number of furan rings is 1. The van der Waals surface area contributed by atoms with Gasteiger partial charge in [-0.15, -0.1) is 0 Å². The molecule has 2 rings (SSSR count). The first-order valence-electron chi connectivity index (χ1n) is 5.70. The summed E-state index contributed by atoms with van der Waals surface area (Å²) in [5.41, 5.74) is 1.11.